The molecule has 1 aromatic heterocycles. The number of aromatic nitrogens is 2. The smallest absolute Gasteiger partial charge is 0.263 e. The molecule has 296 valence electrons. The van der Waals surface area contributed by atoms with E-state index < -0.39 is 29.7 Å². The average molecular weight is 829 g/mol. The highest BCUT2D eigenvalue weighted by atomic mass is 35.5. The molecule has 0 bridgehead atoms. The van der Waals surface area contributed by atoms with Crippen molar-refractivity contribution in [3.8, 4) is 5.75 Å². The van der Waals surface area contributed by atoms with E-state index in [-0.39, 0.29) is 49.6 Å². The van der Waals surface area contributed by atoms with Crippen LogP contribution in [0, 0.1) is 0 Å². The highest BCUT2D eigenvalue weighted by Gasteiger charge is 2.45. The number of ether oxygens (including phenoxy) is 1. The second-order valence-corrected chi connectivity index (χ2v) is 17.8. The summed E-state index contributed by atoms with van der Waals surface area (Å²) >= 11 is 7.69. The van der Waals surface area contributed by atoms with E-state index in [1.54, 1.807) is 43.5 Å². The van der Waals surface area contributed by atoms with Crippen LogP contribution in [0.1, 0.15) is 46.4 Å². The van der Waals surface area contributed by atoms with Crippen molar-refractivity contribution in [3.63, 3.8) is 0 Å². The zero-order valence-corrected chi connectivity index (χ0v) is 34.3. The molecule has 3 aliphatic heterocycles. The highest BCUT2D eigenvalue weighted by molar-refractivity contribution is 8.00. The zero-order valence-electron chi connectivity index (χ0n) is 31.9. The van der Waals surface area contributed by atoms with Gasteiger partial charge in [-0.25, -0.2) is 4.98 Å². The van der Waals surface area contributed by atoms with Crippen LogP contribution in [0.5, 0.6) is 5.75 Å². The molecule has 1 unspecified atom stereocenters. The predicted octanol–water partition coefficient (Wildman–Crippen LogP) is 5.61. The molecule has 0 radical (unpaired) electrons. The molecule has 17 heteroatoms. The number of para-hydroxylation sites is 1. The van der Waals surface area contributed by atoms with E-state index in [2.05, 4.69) is 50.2 Å². The number of carbonyl (C=O) groups is 5. The lowest BCUT2D eigenvalue weighted by Crippen LogP contribution is -2.54. The molecule has 4 heterocycles. The number of hydrogen-bond donors (Lipinski definition) is 3. The molecule has 14 nitrogen and oxygen atoms in total. The summed E-state index contributed by atoms with van der Waals surface area (Å²) in [6.45, 7) is 5.83. The predicted molar refractivity (Wildman–Crippen MR) is 223 cm³/mol. The van der Waals surface area contributed by atoms with E-state index >= 15 is 0 Å². The number of imide groups is 2. The number of carbonyl (C=O) groups excluding carboxylic acids is 5. The molecule has 3 aromatic carbocycles. The molecule has 57 heavy (non-hydrogen) atoms. The fourth-order valence-corrected chi connectivity index (χ4v) is 9.41. The molecule has 1 atom stereocenters. The lowest BCUT2D eigenvalue weighted by molar-refractivity contribution is -0.136. The van der Waals surface area contributed by atoms with Crippen LogP contribution in [0.15, 0.2) is 71.8 Å². The molecule has 3 aliphatic rings. The van der Waals surface area contributed by atoms with Crippen molar-refractivity contribution in [1.82, 2.24) is 25.1 Å². The van der Waals surface area contributed by atoms with Gasteiger partial charge in [0.1, 0.15) is 16.8 Å². The number of piperidine rings is 2. The SMILES string of the molecule is COc1cc(N2CCC(N(C)C(=O)CSc3cccc4c3C(=O)N(C3CCC(=O)NC3=O)C4=O)CC2)ccc1Nc1ncc(Cl)c(Nc2ccccc2P(C)C)n1. The number of amides is 5. The lowest BCUT2D eigenvalue weighted by atomic mass is 10.0. The van der Waals surface area contributed by atoms with Gasteiger partial charge in [-0.05, 0) is 68.2 Å². The topological polar surface area (TPSA) is 166 Å². The van der Waals surface area contributed by atoms with E-state index in [4.69, 9.17) is 16.3 Å². The van der Waals surface area contributed by atoms with Gasteiger partial charge in [0.25, 0.3) is 11.8 Å². The first-order valence-electron chi connectivity index (χ1n) is 18.4. The molecule has 7 rings (SSSR count). The largest absolute Gasteiger partial charge is 0.494 e. The van der Waals surface area contributed by atoms with Crippen molar-refractivity contribution in [2.75, 3.05) is 61.9 Å². The Morgan fingerprint density at radius 3 is 2.51 bits per heavy atom. The van der Waals surface area contributed by atoms with E-state index in [0.717, 1.165) is 42.2 Å². The first-order valence-corrected chi connectivity index (χ1v) is 22.0. The van der Waals surface area contributed by atoms with Gasteiger partial charge in [0, 0.05) is 54.9 Å². The minimum Gasteiger partial charge on any atom is -0.494 e. The van der Waals surface area contributed by atoms with Crippen LogP contribution in [0.25, 0.3) is 0 Å². The fourth-order valence-electron chi connectivity index (χ4n) is 7.27. The van der Waals surface area contributed by atoms with Crippen LogP contribution >= 0.6 is 31.3 Å². The summed E-state index contributed by atoms with van der Waals surface area (Å²) in [5.74, 6) is -0.823. The summed E-state index contributed by atoms with van der Waals surface area (Å²) in [6, 6.07) is 17.9. The maximum absolute atomic E-state index is 13.5. The van der Waals surface area contributed by atoms with Crippen molar-refractivity contribution >= 4 is 95.0 Å². The Morgan fingerprint density at radius 2 is 1.77 bits per heavy atom. The van der Waals surface area contributed by atoms with Crippen molar-refractivity contribution < 1.29 is 28.7 Å². The number of nitrogens with one attached hydrogen (secondary N) is 3. The summed E-state index contributed by atoms with van der Waals surface area (Å²) in [5.41, 5.74) is 3.00. The molecule has 2 fully saturated rings. The van der Waals surface area contributed by atoms with Crippen LogP contribution < -0.4 is 30.9 Å². The Hall–Kier alpha value is -5.24. The average Bonchev–Trinajstić information content (AvgIpc) is 3.47. The van der Waals surface area contributed by atoms with Crippen LogP contribution in [0.2, 0.25) is 5.02 Å². The number of halogens is 1. The van der Waals surface area contributed by atoms with Gasteiger partial charge >= 0.3 is 0 Å². The van der Waals surface area contributed by atoms with Gasteiger partial charge in [0.15, 0.2) is 5.82 Å². The van der Waals surface area contributed by atoms with Crippen LogP contribution in [-0.4, -0.2) is 108 Å². The van der Waals surface area contributed by atoms with Crippen molar-refractivity contribution in [3.05, 3.63) is 83.0 Å². The Kier molecular flexibility index (Phi) is 12.0. The summed E-state index contributed by atoms with van der Waals surface area (Å²) in [7, 11) is 3.06. The van der Waals surface area contributed by atoms with Gasteiger partial charge in [-0.15, -0.1) is 11.8 Å². The fraction of sp³-hybridized carbons (Fsp3) is 0.325. The quantitative estimate of drug-likeness (QED) is 0.0920. The van der Waals surface area contributed by atoms with Gasteiger partial charge in [-0.1, -0.05) is 43.8 Å². The van der Waals surface area contributed by atoms with Crippen molar-refractivity contribution in [1.29, 1.82) is 0 Å². The molecule has 0 aliphatic carbocycles. The van der Waals surface area contributed by atoms with Gasteiger partial charge < -0.3 is 25.2 Å². The maximum atomic E-state index is 13.5. The normalized spacial score (nSPS) is 17.1. The van der Waals surface area contributed by atoms with E-state index in [1.807, 2.05) is 36.4 Å². The monoisotopic (exact) mass is 828 g/mol. The molecule has 2 saturated heterocycles. The third-order valence-corrected chi connectivity index (χ3v) is 13.0. The number of fused-ring (bicyclic) bond motifs is 1. The van der Waals surface area contributed by atoms with Gasteiger partial charge in [-0.3, -0.25) is 34.2 Å². The minimum atomic E-state index is -1.05. The van der Waals surface area contributed by atoms with Gasteiger partial charge in [-0.2, -0.15) is 4.98 Å². The van der Waals surface area contributed by atoms with Gasteiger partial charge in [0.05, 0.1) is 35.9 Å². The molecular formula is C40H42ClN8O6PS. The molecule has 0 saturated carbocycles. The number of rotatable bonds is 12. The number of anilines is 5. The van der Waals surface area contributed by atoms with Crippen LogP contribution in [-0.2, 0) is 14.4 Å². The number of hydrogen-bond acceptors (Lipinski definition) is 12. The van der Waals surface area contributed by atoms with E-state index in [9.17, 15) is 24.0 Å². The number of thioether (sulfide) groups is 1. The number of nitrogens with zero attached hydrogens (tertiary/aromatic N) is 5. The first kappa shape index (κ1) is 40.0. The Morgan fingerprint density at radius 1 is 1.00 bits per heavy atom. The molecule has 4 aromatic rings. The summed E-state index contributed by atoms with van der Waals surface area (Å²) in [4.78, 5) is 78.8. The first-order chi connectivity index (χ1) is 27.4. The van der Waals surface area contributed by atoms with E-state index in [0.29, 0.717) is 33.1 Å². The second-order valence-electron chi connectivity index (χ2n) is 14.1. The number of benzene rings is 3. The third kappa shape index (κ3) is 8.41. The van der Waals surface area contributed by atoms with Crippen molar-refractivity contribution in [2.24, 2.45) is 0 Å². The standard InChI is InChI=1S/C40H42ClN8O6PS/c1-47(34(51)22-57-32-11-7-8-25-35(32)39(54)49(38(25)53)29-14-15-33(50)45-37(29)52)23-16-18-48(19-17-23)24-12-13-27(30(20-24)55-2)44-40-42-21-26(41)36(46-40)43-28-9-5-6-10-31(28)56(3)4/h5-13,20-21,23,29H,14-19,22H2,1-4H3,(H,45,50,52)(H2,42,43,44,46). The Balaban J connectivity index is 0.945. The Labute approximate surface area is 340 Å². The second kappa shape index (κ2) is 17.1. The summed E-state index contributed by atoms with van der Waals surface area (Å²) < 4.78 is 5.77. The molecular weight excluding hydrogens is 787 g/mol. The molecule has 0 spiro atoms. The molecule has 5 amide bonds. The molecule has 3 N–H and O–H groups in total. The lowest BCUT2D eigenvalue weighted by Gasteiger charge is -2.38. The van der Waals surface area contributed by atoms with Crippen LogP contribution in [0.4, 0.5) is 28.8 Å². The van der Waals surface area contributed by atoms with Crippen LogP contribution in [0.3, 0.4) is 0 Å². The zero-order chi connectivity index (χ0) is 40.4. The minimum absolute atomic E-state index is 0.0170. The highest BCUT2D eigenvalue weighted by Crippen LogP contribution is 2.37. The summed E-state index contributed by atoms with van der Waals surface area (Å²) in [5, 5.41) is 10.5. The van der Waals surface area contributed by atoms with Crippen molar-refractivity contribution in [2.45, 2.75) is 42.7 Å². The maximum Gasteiger partial charge on any atom is 0.263 e. The third-order valence-electron chi connectivity index (χ3n) is 10.4. The van der Waals surface area contributed by atoms with Gasteiger partial charge in [0.2, 0.25) is 23.7 Å². The summed E-state index contributed by atoms with van der Waals surface area (Å²) in [6.07, 6.45) is 3.17. The van der Waals surface area contributed by atoms with E-state index in [1.165, 1.54) is 17.1 Å². The Bertz CT molecular complexity index is 2250. The number of methoxy groups -OCH3 is 1.